The average molecular weight is 285 g/mol. The Kier molecular flexibility index (Phi) is 8.66. The quantitative estimate of drug-likeness (QED) is 0.370. The molecule has 114 valence electrons. The van der Waals surface area contributed by atoms with E-state index in [2.05, 4.69) is 11.9 Å². The number of carbonyl (C=O) groups is 1. The highest BCUT2D eigenvalue weighted by atomic mass is 16.6. The van der Waals surface area contributed by atoms with Crippen LogP contribution in [0, 0.1) is 0 Å². The summed E-state index contributed by atoms with van der Waals surface area (Å²) in [7, 11) is 1.88. The minimum Gasteiger partial charge on any atom is -0.463 e. The molecule has 1 rings (SSSR count). The number of nitrogens with one attached hydrogen (secondary N) is 1. The van der Waals surface area contributed by atoms with E-state index >= 15 is 0 Å². The van der Waals surface area contributed by atoms with E-state index in [1.54, 1.807) is 6.20 Å². The van der Waals surface area contributed by atoms with Crippen molar-refractivity contribution in [1.29, 1.82) is 0 Å². The predicted molar refractivity (Wildman–Crippen MR) is 73.2 cm³/mol. The summed E-state index contributed by atoms with van der Waals surface area (Å²) in [6.45, 7) is 4.71. The molecule has 1 aromatic heterocycles. The molecule has 0 saturated carbocycles. The number of aromatic nitrogens is 2. The Morgan fingerprint density at radius 3 is 2.55 bits per heavy atom. The molecule has 6 heteroatoms. The van der Waals surface area contributed by atoms with Gasteiger partial charge >= 0.3 is 5.97 Å². The van der Waals surface area contributed by atoms with Crippen LogP contribution in [0.1, 0.15) is 25.6 Å². The van der Waals surface area contributed by atoms with Crippen LogP contribution in [0.2, 0.25) is 0 Å². The Balaban J connectivity index is 1.93. The standard InChI is InChI=1S/C14H24N2O4/c1-3-4-7-18-8-9-19-10-11-20-14(17)12-13-15-5-6-16(13)2/h5-6H,3-4,7-12H2,1-2H3/p+1. The van der Waals surface area contributed by atoms with Crippen LogP contribution in [0.25, 0.3) is 0 Å². The monoisotopic (exact) mass is 285 g/mol. The Morgan fingerprint density at radius 1 is 1.20 bits per heavy atom. The molecule has 0 aromatic carbocycles. The van der Waals surface area contributed by atoms with E-state index in [9.17, 15) is 4.79 Å². The normalized spacial score (nSPS) is 10.7. The molecule has 1 heterocycles. The van der Waals surface area contributed by atoms with E-state index in [0.717, 1.165) is 25.3 Å². The van der Waals surface area contributed by atoms with Crippen LogP contribution in [0.4, 0.5) is 0 Å². The van der Waals surface area contributed by atoms with Gasteiger partial charge in [0.05, 0.1) is 26.9 Å². The molecular formula is C14H25N2O4+. The van der Waals surface area contributed by atoms with E-state index in [0.29, 0.717) is 19.8 Å². The van der Waals surface area contributed by atoms with Crippen molar-refractivity contribution in [2.24, 2.45) is 7.05 Å². The molecule has 20 heavy (non-hydrogen) atoms. The van der Waals surface area contributed by atoms with E-state index < -0.39 is 0 Å². The van der Waals surface area contributed by atoms with Crippen LogP contribution in [0.3, 0.4) is 0 Å². The second kappa shape index (κ2) is 10.4. The number of carbonyl (C=O) groups excluding carboxylic acids is 1. The number of hydrogen-bond donors (Lipinski definition) is 1. The van der Waals surface area contributed by atoms with E-state index in [4.69, 9.17) is 14.2 Å². The summed E-state index contributed by atoms with van der Waals surface area (Å²) in [5, 5.41) is 0. The van der Waals surface area contributed by atoms with Crippen LogP contribution >= 0.6 is 0 Å². The number of hydrogen-bond acceptors (Lipinski definition) is 4. The third kappa shape index (κ3) is 7.25. The highest BCUT2D eigenvalue weighted by Gasteiger charge is 2.13. The first-order valence-electron chi connectivity index (χ1n) is 7.07. The molecule has 0 bridgehead atoms. The summed E-state index contributed by atoms with van der Waals surface area (Å²) in [5.41, 5.74) is 0. The third-order valence-electron chi connectivity index (χ3n) is 2.79. The Labute approximate surface area is 120 Å². The van der Waals surface area contributed by atoms with Crippen molar-refractivity contribution in [3.05, 3.63) is 18.2 Å². The maximum atomic E-state index is 11.5. The van der Waals surface area contributed by atoms with Crippen LogP contribution in [0.15, 0.2) is 12.4 Å². The zero-order valence-corrected chi connectivity index (χ0v) is 12.4. The first-order chi connectivity index (χ1) is 9.74. The van der Waals surface area contributed by atoms with Crippen molar-refractivity contribution >= 4 is 5.97 Å². The number of unbranched alkanes of at least 4 members (excludes halogenated alkanes) is 1. The van der Waals surface area contributed by atoms with Crippen LogP contribution < -0.4 is 4.57 Å². The zero-order chi connectivity index (χ0) is 14.6. The zero-order valence-electron chi connectivity index (χ0n) is 12.4. The predicted octanol–water partition coefficient (Wildman–Crippen LogP) is 0.758. The fourth-order valence-electron chi connectivity index (χ4n) is 1.58. The molecule has 0 aliphatic heterocycles. The van der Waals surface area contributed by atoms with Crippen LogP contribution in [-0.2, 0) is 32.5 Å². The third-order valence-corrected chi connectivity index (χ3v) is 2.79. The van der Waals surface area contributed by atoms with Crippen molar-refractivity contribution < 1.29 is 23.6 Å². The maximum Gasteiger partial charge on any atom is 0.318 e. The molecule has 0 fully saturated rings. The fraction of sp³-hybridized carbons (Fsp3) is 0.714. The van der Waals surface area contributed by atoms with Crippen LogP contribution in [-0.4, -0.2) is 44.0 Å². The Morgan fingerprint density at radius 2 is 1.90 bits per heavy atom. The van der Waals surface area contributed by atoms with Gasteiger partial charge in [0.1, 0.15) is 25.4 Å². The van der Waals surface area contributed by atoms with Gasteiger partial charge in [-0.05, 0) is 6.42 Å². The second-order valence-electron chi connectivity index (χ2n) is 4.49. The molecule has 0 amide bonds. The van der Waals surface area contributed by atoms with Gasteiger partial charge in [0, 0.05) is 6.61 Å². The number of nitrogens with zero attached hydrogens (tertiary/aromatic N) is 1. The molecule has 0 aliphatic rings. The number of imidazole rings is 1. The van der Waals surface area contributed by atoms with Crippen LogP contribution in [0.5, 0.6) is 0 Å². The lowest BCUT2D eigenvalue weighted by atomic mass is 10.4. The van der Waals surface area contributed by atoms with Gasteiger partial charge in [0.25, 0.3) is 5.82 Å². The van der Waals surface area contributed by atoms with Gasteiger partial charge in [-0.1, -0.05) is 13.3 Å². The van der Waals surface area contributed by atoms with Gasteiger partial charge < -0.3 is 14.2 Å². The summed E-state index contributed by atoms with van der Waals surface area (Å²) in [6, 6.07) is 0. The molecule has 0 unspecified atom stereocenters. The van der Waals surface area contributed by atoms with Crippen molar-refractivity contribution in [2.75, 3.05) is 33.0 Å². The first kappa shape index (κ1) is 16.7. The van der Waals surface area contributed by atoms with Gasteiger partial charge in [-0.15, -0.1) is 0 Å². The molecule has 1 N–H and O–H groups in total. The molecule has 0 atom stereocenters. The molecular weight excluding hydrogens is 260 g/mol. The number of aryl methyl sites for hydroxylation is 1. The van der Waals surface area contributed by atoms with Gasteiger partial charge in [-0.25, -0.2) is 9.55 Å². The van der Waals surface area contributed by atoms with Crippen molar-refractivity contribution in [3.63, 3.8) is 0 Å². The Bertz CT molecular complexity index is 379. The number of ether oxygens (including phenoxy) is 3. The number of rotatable bonds is 11. The molecule has 0 saturated heterocycles. The number of aromatic amines is 1. The van der Waals surface area contributed by atoms with Gasteiger partial charge in [-0.3, -0.25) is 4.79 Å². The summed E-state index contributed by atoms with van der Waals surface area (Å²) in [5.74, 6) is 0.561. The van der Waals surface area contributed by atoms with Gasteiger partial charge in [-0.2, -0.15) is 0 Å². The smallest absolute Gasteiger partial charge is 0.318 e. The van der Waals surface area contributed by atoms with Crippen molar-refractivity contribution in [1.82, 2.24) is 4.98 Å². The lowest BCUT2D eigenvalue weighted by molar-refractivity contribution is -0.677. The molecule has 1 aromatic rings. The lowest BCUT2D eigenvalue weighted by Gasteiger charge is -2.06. The first-order valence-corrected chi connectivity index (χ1v) is 7.07. The molecule has 6 nitrogen and oxygen atoms in total. The Hall–Kier alpha value is -1.40. The molecule has 0 spiro atoms. The highest BCUT2D eigenvalue weighted by molar-refractivity contribution is 5.71. The van der Waals surface area contributed by atoms with E-state index in [-0.39, 0.29) is 19.0 Å². The summed E-state index contributed by atoms with van der Waals surface area (Å²) < 4.78 is 17.6. The minimum atomic E-state index is -0.258. The van der Waals surface area contributed by atoms with Crippen molar-refractivity contribution in [3.8, 4) is 0 Å². The number of H-pyrrole nitrogens is 1. The summed E-state index contributed by atoms with van der Waals surface area (Å²) in [6.07, 6.45) is 6.08. The topological polar surface area (TPSA) is 64.4 Å². The summed E-state index contributed by atoms with van der Waals surface area (Å²) >= 11 is 0. The maximum absolute atomic E-state index is 11.5. The van der Waals surface area contributed by atoms with E-state index in [1.165, 1.54) is 0 Å². The minimum absolute atomic E-state index is 0.240. The molecule has 0 radical (unpaired) electrons. The summed E-state index contributed by atoms with van der Waals surface area (Å²) in [4.78, 5) is 14.5. The molecule has 0 aliphatic carbocycles. The van der Waals surface area contributed by atoms with Gasteiger partial charge in [0.15, 0.2) is 0 Å². The SMILES string of the molecule is CCCCOCCOCCOC(=O)Cc1[nH]cc[n+]1C. The fourth-order valence-corrected chi connectivity index (χ4v) is 1.58. The van der Waals surface area contributed by atoms with Gasteiger partial charge in [0.2, 0.25) is 0 Å². The second-order valence-corrected chi connectivity index (χ2v) is 4.49. The van der Waals surface area contributed by atoms with E-state index in [1.807, 2.05) is 17.8 Å². The lowest BCUT2D eigenvalue weighted by Crippen LogP contribution is -2.32. The highest BCUT2D eigenvalue weighted by Crippen LogP contribution is 1.92. The largest absolute Gasteiger partial charge is 0.463 e. The average Bonchev–Trinajstić information content (AvgIpc) is 2.82. The number of esters is 1. The van der Waals surface area contributed by atoms with Crippen molar-refractivity contribution in [2.45, 2.75) is 26.2 Å².